The zero-order chi connectivity index (χ0) is 12.5. The van der Waals surface area contributed by atoms with Gasteiger partial charge in [-0.3, -0.25) is 4.68 Å². The highest BCUT2D eigenvalue weighted by Gasteiger charge is 2.33. The molecule has 2 aliphatic rings. The molecule has 1 heterocycles. The molecule has 0 radical (unpaired) electrons. The molecule has 1 aromatic heterocycles. The quantitative estimate of drug-likeness (QED) is 0.865. The Kier molecular flexibility index (Phi) is 3.42. The van der Waals surface area contributed by atoms with Gasteiger partial charge in [-0.05, 0) is 57.9 Å². The molecule has 100 valence electrons. The van der Waals surface area contributed by atoms with Crippen molar-refractivity contribution in [1.82, 2.24) is 15.1 Å². The van der Waals surface area contributed by atoms with Gasteiger partial charge in [0.1, 0.15) is 0 Å². The second-order valence-electron chi connectivity index (χ2n) is 5.97. The summed E-state index contributed by atoms with van der Waals surface area (Å²) >= 11 is 0. The monoisotopic (exact) mass is 247 g/mol. The summed E-state index contributed by atoms with van der Waals surface area (Å²) < 4.78 is 2.33. The standard InChI is InChI=1S/C15H25N3/c1-3-9-16-14-5-4-6-15-13(14)10-17-18(15)11(2)12-7-8-12/h10-12,14,16H,3-9H2,1-2H3. The molecule has 0 aromatic carbocycles. The van der Waals surface area contributed by atoms with E-state index in [-0.39, 0.29) is 0 Å². The third-order valence-electron chi connectivity index (χ3n) is 4.54. The average molecular weight is 247 g/mol. The number of aromatic nitrogens is 2. The number of rotatable bonds is 5. The lowest BCUT2D eigenvalue weighted by atomic mass is 9.92. The van der Waals surface area contributed by atoms with E-state index in [9.17, 15) is 0 Å². The van der Waals surface area contributed by atoms with Gasteiger partial charge in [-0.25, -0.2) is 0 Å². The third kappa shape index (κ3) is 2.20. The zero-order valence-corrected chi connectivity index (χ0v) is 11.7. The van der Waals surface area contributed by atoms with E-state index < -0.39 is 0 Å². The molecular formula is C15H25N3. The summed E-state index contributed by atoms with van der Waals surface area (Å²) in [7, 11) is 0. The molecule has 1 saturated carbocycles. The first kappa shape index (κ1) is 12.2. The summed E-state index contributed by atoms with van der Waals surface area (Å²) in [4.78, 5) is 0. The highest BCUT2D eigenvalue weighted by atomic mass is 15.3. The maximum Gasteiger partial charge on any atom is 0.0540 e. The number of fused-ring (bicyclic) bond motifs is 1. The van der Waals surface area contributed by atoms with Crippen molar-refractivity contribution in [3.63, 3.8) is 0 Å². The smallest absolute Gasteiger partial charge is 0.0540 e. The van der Waals surface area contributed by atoms with Gasteiger partial charge in [0.2, 0.25) is 0 Å². The van der Waals surface area contributed by atoms with Gasteiger partial charge in [0.25, 0.3) is 0 Å². The topological polar surface area (TPSA) is 29.9 Å². The first-order chi connectivity index (χ1) is 8.81. The van der Waals surface area contributed by atoms with E-state index >= 15 is 0 Å². The van der Waals surface area contributed by atoms with Crippen molar-refractivity contribution in [2.45, 2.75) is 64.5 Å². The first-order valence-electron chi connectivity index (χ1n) is 7.61. The molecule has 2 aliphatic carbocycles. The molecule has 3 nitrogen and oxygen atoms in total. The molecule has 0 saturated heterocycles. The molecule has 0 aliphatic heterocycles. The SMILES string of the molecule is CCCNC1CCCc2c1cnn2C(C)C1CC1. The van der Waals surface area contributed by atoms with E-state index in [2.05, 4.69) is 30.0 Å². The predicted molar refractivity (Wildman–Crippen MR) is 73.6 cm³/mol. The van der Waals surface area contributed by atoms with Gasteiger partial charge in [0, 0.05) is 17.3 Å². The molecule has 1 N–H and O–H groups in total. The molecule has 1 fully saturated rings. The molecule has 3 rings (SSSR count). The number of nitrogens with one attached hydrogen (secondary N) is 1. The third-order valence-corrected chi connectivity index (χ3v) is 4.54. The number of nitrogens with zero attached hydrogens (tertiary/aromatic N) is 2. The Labute approximate surface area is 110 Å². The fourth-order valence-corrected chi connectivity index (χ4v) is 3.24. The van der Waals surface area contributed by atoms with Crippen molar-refractivity contribution in [3.05, 3.63) is 17.5 Å². The lowest BCUT2D eigenvalue weighted by Gasteiger charge is -2.25. The van der Waals surface area contributed by atoms with Crippen molar-refractivity contribution < 1.29 is 0 Å². The van der Waals surface area contributed by atoms with E-state index in [0.717, 1.165) is 12.5 Å². The van der Waals surface area contributed by atoms with Crippen LogP contribution in [0.3, 0.4) is 0 Å². The largest absolute Gasteiger partial charge is 0.310 e. The minimum absolute atomic E-state index is 0.550. The molecule has 1 aromatic rings. The molecule has 0 bridgehead atoms. The number of hydrogen-bond donors (Lipinski definition) is 1. The van der Waals surface area contributed by atoms with Crippen molar-refractivity contribution in [1.29, 1.82) is 0 Å². The van der Waals surface area contributed by atoms with Gasteiger partial charge in [0.05, 0.1) is 12.2 Å². The molecular weight excluding hydrogens is 222 g/mol. The number of hydrogen-bond acceptors (Lipinski definition) is 2. The Morgan fingerprint density at radius 2 is 2.28 bits per heavy atom. The van der Waals surface area contributed by atoms with Crippen LogP contribution in [0.5, 0.6) is 0 Å². The van der Waals surface area contributed by atoms with Crippen LogP contribution < -0.4 is 5.32 Å². The van der Waals surface area contributed by atoms with E-state index in [1.165, 1.54) is 49.8 Å². The first-order valence-corrected chi connectivity index (χ1v) is 7.61. The van der Waals surface area contributed by atoms with Crippen LogP contribution in [0, 0.1) is 5.92 Å². The van der Waals surface area contributed by atoms with Crippen LogP contribution in [0.4, 0.5) is 0 Å². The van der Waals surface area contributed by atoms with Crippen LogP contribution in [-0.4, -0.2) is 16.3 Å². The maximum absolute atomic E-state index is 4.69. The van der Waals surface area contributed by atoms with Gasteiger partial charge in [0.15, 0.2) is 0 Å². The van der Waals surface area contributed by atoms with Gasteiger partial charge in [-0.1, -0.05) is 6.92 Å². The van der Waals surface area contributed by atoms with Crippen molar-refractivity contribution in [2.24, 2.45) is 5.92 Å². The van der Waals surface area contributed by atoms with Crippen LogP contribution >= 0.6 is 0 Å². The van der Waals surface area contributed by atoms with Gasteiger partial charge < -0.3 is 5.32 Å². The fraction of sp³-hybridized carbons (Fsp3) is 0.800. The molecule has 2 atom stereocenters. The fourth-order valence-electron chi connectivity index (χ4n) is 3.24. The van der Waals surface area contributed by atoms with Gasteiger partial charge >= 0.3 is 0 Å². The van der Waals surface area contributed by atoms with E-state index in [1.54, 1.807) is 0 Å². The molecule has 18 heavy (non-hydrogen) atoms. The molecule has 0 spiro atoms. The van der Waals surface area contributed by atoms with Crippen LogP contribution in [-0.2, 0) is 6.42 Å². The van der Waals surface area contributed by atoms with E-state index in [1.807, 2.05) is 0 Å². The Morgan fingerprint density at radius 1 is 1.44 bits per heavy atom. The van der Waals surface area contributed by atoms with Crippen molar-refractivity contribution >= 4 is 0 Å². The van der Waals surface area contributed by atoms with Crippen LogP contribution in [0.15, 0.2) is 6.20 Å². The zero-order valence-electron chi connectivity index (χ0n) is 11.7. The molecule has 2 unspecified atom stereocenters. The Hall–Kier alpha value is -0.830. The molecule has 0 amide bonds. The minimum atomic E-state index is 0.550. The van der Waals surface area contributed by atoms with Gasteiger partial charge in [-0.15, -0.1) is 0 Å². The van der Waals surface area contributed by atoms with Gasteiger partial charge in [-0.2, -0.15) is 5.10 Å². The minimum Gasteiger partial charge on any atom is -0.310 e. The highest BCUT2D eigenvalue weighted by Crippen LogP contribution is 2.41. The van der Waals surface area contributed by atoms with Crippen LogP contribution in [0.1, 0.15) is 69.3 Å². The Morgan fingerprint density at radius 3 is 3.00 bits per heavy atom. The normalized spacial score (nSPS) is 24.9. The summed E-state index contributed by atoms with van der Waals surface area (Å²) in [5.74, 6) is 0.887. The second kappa shape index (κ2) is 5.04. The highest BCUT2D eigenvalue weighted by molar-refractivity contribution is 5.25. The molecule has 3 heteroatoms. The van der Waals surface area contributed by atoms with E-state index in [0.29, 0.717) is 12.1 Å². The van der Waals surface area contributed by atoms with Crippen molar-refractivity contribution in [2.75, 3.05) is 6.54 Å². The summed E-state index contributed by atoms with van der Waals surface area (Å²) in [5, 5.41) is 8.37. The predicted octanol–water partition coefficient (Wildman–Crippen LogP) is 3.23. The maximum atomic E-state index is 4.69. The van der Waals surface area contributed by atoms with Crippen molar-refractivity contribution in [3.8, 4) is 0 Å². The second-order valence-corrected chi connectivity index (χ2v) is 5.97. The van der Waals surface area contributed by atoms with E-state index in [4.69, 9.17) is 5.10 Å². The van der Waals surface area contributed by atoms with Crippen LogP contribution in [0.25, 0.3) is 0 Å². The average Bonchev–Trinajstić information content (AvgIpc) is 3.15. The van der Waals surface area contributed by atoms with Crippen LogP contribution in [0.2, 0.25) is 0 Å². The lowest BCUT2D eigenvalue weighted by molar-refractivity contribution is 0.401. The summed E-state index contributed by atoms with van der Waals surface area (Å²) in [6, 6.07) is 1.16. The Balaban J connectivity index is 1.80. The summed E-state index contributed by atoms with van der Waals surface area (Å²) in [6.45, 7) is 5.69. The summed E-state index contributed by atoms with van der Waals surface area (Å²) in [5.41, 5.74) is 2.98. The summed E-state index contributed by atoms with van der Waals surface area (Å²) in [6.07, 6.45) is 9.92. The Bertz CT molecular complexity index is 406. The lowest BCUT2D eigenvalue weighted by Crippen LogP contribution is -2.26.